The van der Waals surface area contributed by atoms with Gasteiger partial charge in [-0.25, -0.2) is 4.98 Å². The van der Waals surface area contributed by atoms with Crippen molar-refractivity contribution in [2.75, 3.05) is 13.7 Å². The van der Waals surface area contributed by atoms with Crippen molar-refractivity contribution in [2.24, 2.45) is 5.73 Å². The van der Waals surface area contributed by atoms with Crippen molar-refractivity contribution >= 4 is 17.1 Å². The molecule has 0 radical (unpaired) electrons. The minimum atomic E-state index is -0.533. The van der Waals surface area contributed by atoms with Crippen molar-refractivity contribution in [3.8, 4) is 0 Å². The Morgan fingerprint density at radius 3 is 3.15 bits per heavy atom. The first-order valence-corrected chi connectivity index (χ1v) is 4.77. The number of ether oxygens (including phenoxy) is 1. The van der Waals surface area contributed by atoms with Crippen LogP contribution in [0.4, 0.5) is 0 Å². The van der Waals surface area contributed by atoms with Gasteiger partial charge in [0.15, 0.2) is 5.78 Å². The molecule has 1 atom stereocenters. The number of ketones is 1. The quantitative estimate of drug-likeness (QED) is 0.739. The Bertz CT molecular complexity index is 261. The van der Waals surface area contributed by atoms with E-state index in [1.54, 1.807) is 6.20 Å². The summed E-state index contributed by atoms with van der Waals surface area (Å²) >= 11 is 1.46. The smallest absolute Gasteiger partial charge is 0.158 e. The largest absolute Gasteiger partial charge is 0.383 e. The molecule has 0 saturated carbocycles. The van der Waals surface area contributed by atoms with E-state index in [-0.39, 0.29) is 12.4 Å². The number of nitrogens with two attached hydrogens (primary N) is 1. The van der Waals surface area contributed by atoms with Crippen molar-refractivity contribution in [2.45, 2.75) is 12.5 Å². The number of Topliss-reactive ketones (excluding diaryl/α,β-unsaturated/α-hetero) is 1. The molecule has 0 fully saturated rings. The number of hydrogen-bond acceptors (Lipinski definition) is 5. The zero-order valence-corrected chi connectivity index (χ0v) is 8.21. The average Bonchev–Trinajstić information content (AvgIpc) is 2.57. The molecule has 0 amide bonds. The van der Waals surface area contributed by atoms with E-state index in [0.717, 1.165) is 5.01 Å². The number of carbonyl (C=O) groups is 1. The standard InChI is InChI=1S/C8H12N2O2S/c1-12-5-6(9)7(11)4-8-10-2-3-13-8/h2-3,6H,4-5,9H2,1H3. The van der Waals surface area contributed by atoms with E-state index in [9.17, 15) is 4.79 Å². The minimum Gasteiger partial charge on any atom is -0.383 e. The number of carbonyl (C=O) groups excluding carboxylic acids is 1. The van der Waals surface area contributed by atoms with Crippen LogP contribution in [0, 0.1) is 0 Å². The summed E-state index contributed by atoms with van der Waals surface area (Å²) in [5, 5.41) is 2.64. The van der Waals surface area contributed by atoms with Crippen molar-refractivity contribution < 1.29 is 9.53 Å². The number of rotatable bonds is 5. The van der Waals surface area contributed by atoms with E-state index in [2.05, 4.69) is 4.98 Å². The number of thiazole rings is 1. The Morgan fingerprint density at radius 1 is 1.85 bits per heavy atom. The van der Waals surface area contributed by atoms with Crippen molar-refractivity contribution in [1.29, 1.82) is 0 Å². The zero-order valence-electron chi connectivity index (χ0n) is 7.40. The molecule has 0 spiro atoms. The molecule has 1 heterocycles. The molecule has 0 saturated heterocycles. The molecule has 5 heteroatoms. The molecule has 0 aliphatic rings. The molecular weight excluding hydrogens is 188 g/mol. The first-order chi connectivity index (χ1) is 6.24. The van der Waals surface area contributed by atoms with Crippen LogP contribution >= 0.6 is 11.3 Å². The number of hydrogen-bond donors (Lipinski definition) is 1. The third-order valence-corrected chi connectivity index (χ3v) is 2.35. The van der Waals surface area contributed by atoms with E-state index in [1.807, 2.05) is 5.38 Å². The summed E-state index contributed by atoms with van der Waals surface area (Å²) in [4.78, 5) is 15.4. The molecular formula is C8H12N2O2S. The molecule has 0 aliphatic heterocycles. The van der Waals surface area contributed by atoms with Crippen LogP contribution in [0.25, 0.3) is 0 Å². The third kappa shape index (κ3) is 3.22. The van der Waals surface area contributed by atoms with Crippen LogP contribution in [0.1, 0.15) is 5.01 Å². The number of methoxy groups -OCH3 is 1. The monoisotopic (exact) mass is 200 g/mol. The fraction of sp³-hybridized carbons (Fsp3) is 0.500. The molecule has 0 aliphatic carbocycles. The van der Waals surface area contributed by atoms with Gasteiger partial charge in [0, 0.05) is 18.7 Å². The SMILES string of the molecule is COCC(N)C(=O)Cc1nccs1. The summed E-state index contributed by atoms with van der Waals surface area (Å²) < 4.78 is 4.78. The normalized spacial score (nSPS) is 12.8. The van der Waals surface area contributed by atoms with Gasteiger partial charge in [0.2, 0.25) is 0 Å². The van der Waals surface area contributed by atoms with E-state index in [4.69, 9.17) is 10.5 Å². The predicted molar refractivity (Wildman–Crippen MR) is 50.7 cm³/mol. The summed E-state index contributed by atoms with van der Waals surface area (Å²) in [6, 6.07) is -0.533. The van der Waals surface area contributed by atoms with Crippen LogP contribution in [0.5, 0.6) is 0 Å². The van der Waals surface area contributed by atoms with Gasteiger partial charge in [-0.1, -0.05) is 0 Å². The number of aromatic nitrogens is 1. The van der Waals surface area contributed by atoms with Crippen LogP contribution < -0.4 is 5.73 Å². The maximum atomic E-state index is 11.4. The van der Waals surface area contributed by atoms with Crippen molar-refractivity contribution in [3.63, 3.8) is 0 Å². The minimum absolute atomic E-state index is 0.0307. The van der Waals surface area contributed by atoms with Gasteiger partial charge < -0.3 is 10.5 Å². The molecule has 1 aromatic rings. The molecule has 4 nitrogen and oxygen atoms in total. The fourth-order valence-corrected chi connectivity index (χ4v) is 1.52. The Labute approximate surface area is 80.7 Å². The van der Waals surface area contributed by atoms with Crippen LogP contribution in [0.3, 0.4) is 0 Å². The molecule has 1 unspecified atom stereocenters. The van der Waals surface area contributed by atoms with Gasteiger partial charge in [-0.15, -0.1) is 11.3 Å². The Hall–Kier alpha value is -0.780. The van der Waals surface area contributed by atoms with Gasteiger partial charge in [-0.2, -0.15) is 0 Å². The van der Waals surface area contributed by atoms with Gasteiger partial charge in [-0.3, -0.25) is 4.79 Å². The van der Waals surface area contributed by atoms with Crippen LogP contribution in [-0.4, -0.2) is 30.5 Å². The molecule has 0 bridgehead atoms. The zero-order chi connectivity index (χ0) is 9.68. The topological polar surface area (TPSA) is 65.2 Å². The Balaban J connectivity index is 2.41. The average molecular weight is 200 g/mol. The summed E-state index contributed by atoms with van der Waals surface area (Å²) in [6.45, 7) is 0.268. The first kappa shape index (κ1) is 10.3. The van der Waals surface area contributed by atoms with Crippen LogP contribution in [0.2, 0.25) is 0 Å². The maximum Gasteiger partial charge on any atom is 0.158 e. The lowest BCUT2D eigenvalue weighted by Gasteiger charge is -2.07. The van der Waals surface area contributed by atoms with E-state index in [0.29, 0.717) is 6.42 Å². The van der Waals surface area contributed by atoms with Gasteiger partial charge in [0.25, 0.3) is 0 Å². The second-order valence-electron chi connectivity index (χ2n) is 2.63. The van der Waals surface area contributed by atoms with E-state index >= 15 is 0 Å². The predicted octanol–water partition coefficient (Wildman–Crippen LogP) is 0.228. The summed E-state index contributed by atoms with van der Waals surface area (Å²) in [6.07, 6.45) is 1.98. The molecule has 1 aromatic heterocycles. The maximum absolute atomic E-state index is 11.4. The van der Waals surface area contributed by atoms with Gasteiger partial charge in [0.1, 0.15) is 0 Å². The van der Waals surface area contributed by atoms with Gasteiger partial charge >= 0.3 is 0 Å². The van der Waals surface area contributed by atoms with Crippen molar-refractivity contribution in [1.82, 2.24) is 4.98 Å². The summed E-state index contributed by atoms with van der Waals surface area (Å²) in [5.41, 5.74) is 5.55. The van der Waals surface area contributed by atoms with Crippen molar-refractivity contribution in [3.05, 3.63) is 16.6 Å². The Kier molecular flexibility index (Phi) is 4.01. The highest BCUT2D eigenvalue weighted by Gasteiger charge is 2.14. The Morgan fingerprint density at radius 2 is 2.62 bits per heavy atom. The first-order valence-electron chi connectivity index (χ1n) is 3.89. The molecule has 13 heavy (non-hydrogen) atoms. The lowest BCUT2D eigenvalue weighted by Crippen LogP contribution is -2.35. The van der Waals surface area contributed by atoms with Gasteiger partial charge in [0.05, 0.1) is 24.1 Å². The summed E-state index contributed by atoms with van der Waals surface area (Å²) in [5.74, 6) is -0.0307. The lowest BCUT2D eigenvalue weighted by molar-refractivity contribution is -0.120. The molecule has 1 rings (SSSR count). The van der Waals surface area contributed by atoms with Crippen LogP contribution in [0.15, 0.2) is 11.6 Å². The van der Waals surface area contributed by atoms with E-state index < -0.39 is 6.04 Å². The second kappa shape index (κ2) is 5.06. The van der Waals surface area contributed by atoms with Gasteiger partial charge in [-0.05, 0) is 0 Å². The second-order valence-corrected chi connectivity index (χ2v) is 3.61. The highest BCUT2D eigenvalue weighted by molar-refractivity contribution is 7.09. The fourth-order valence-electron chi connectivity index (χ4n) is 0.893. The van der Waals surface area contributed by atoms with E-state index in [1.165, 1.54) is 18.4 Å². The lowest BCUT2D eigenvalue weighted by atomic mass is 10.1. The molecule has 2 N–H and O–H groups in total. The highest BCUT2D eigenvalue weighted by Crippen LogP contribution is 2.05. The molecule has 0 aromatic carbocycles. The third-order valence-electron chi connectivity index (χ3n) is 1.57. The summed E-state index contributed by atoms with van der Waals surface area (Å²) in [7, 11) is 1.52. The number of nitrogens with zero attached hydrogens (tertiary/aromatic N) is 1. The molecule has 72 valence electrons. The van der Waals surface area contributed by atoms with Crippen LogP contribution in [-0.2, 0) is 16.0 Å². The highest BCUT2D eigenvalue weighted by atomic mass is 32.1.